The number of aliphatic hydroxyl groups is 2. The van der Waals surface area contributed by atoms with Crippen molar-refractivity contribution in [2.45, 2.75) is 165 Å². The molecule has 1 amide bonds. The predicted octanol–water partition coefficient (Wildman–Crippen LogP) is 11.0. The number of aliphatic hydroxyl groups excluding tert-OH is 2. The Hall–Kier alpha value is -4.34. The zero-order chi connectivity index (χ0) is 48.7. The van der Waals surface area contributed by atoms with Crippen molar-refractivity contribution in [2.24, 2.45) is 22.9 Å². The van der Waals surface area contributed by atoms with Crippen molar-refractivity contribution in [3.63, 3.8) is 0 Å². The van der Waals surface area contributed by atoms with Crippen molar-refractivity contribution in [3.8, 4) is 11.5 Å². The molecule has 2 aliphatic carbocycles. The summed E-state index contributed by atoms with van der Waals surface area (Å²) < 4.78 is 52.0. The molecule has 68 heavy (non-hydrogen) atoms. The molecule has 374 valence electrons. The molecule has 0 bridgehead atoms. The lowest BCUT2D eigenvalue weighted by atomic mass is 9.55. The zero-order valence-electron chi connectivity index (χ0n) is 41.3. The number of nitrogens with one attached hydrogen (secondary N) is 1. The number of benzene rings is 2. The quantitative estimate of drug-likeness (QED) is 0.0380. The first-order valence-corrected chi connectivity index (χ1v) is 26.8. The number of carbonyl (C=O) groups excluding carboxylic acids is 1. The fourth-order valence-electron chi connectivity index (χ4n) is 10.5. The van der Waals surface area contributed by atoms with E-state index in [2.05, 4.69) is 29.9 Å². The van der Waals surface area contributed by atoms with Gasteiger partial charge in [-0.3, -0.25) is 4.98 Å². The Morgan fingerprint density at radius 3 is 2.34 bits per heavy atom. The molecule has 0 spiro atoms. The summed E-state index contributed by atoms with van der Waals surface area (Å²) in [4.78, 5) is 24.1. The van der Waals surface area contributed by atoms with Gasteiger partial charge in [0.2, 0.25) is 15.8 Å². The molecule has 1 saturated carbocycles. The lowest BCUT2D eigenvalue weighted by Gasteiger charge is -2.59. The number of hydrogen-bond acceptors (Lipinski definition) is 11. The van der Waals surface area contributed by atoms with Crippen molar-refractivity contribution in [2.75, 3.05) is 33.4 Å². The molecule has 2 heterocycles. The van der Waals surface area contributed by atoms with Crippen LogP contribution >= 0.6 is 0 Å². The zero-order valence-corrected chi connectivity index (χ0v) is 42.1. The molecule has 6 atom stereocenters. The van der Waals surface area contributed by atoms with Crippen molar-refractivity contribution >= 4 is 32.7 Å². The SMILES string of the molecule is C=CCOC12Oc3ccc(OC(=O)NCCCCCCCCCCCC)cc3C3C(CCCCO)C(CCCCO)C=C(C(=NOC(C)(C)C)CC1N(C)S(=O)(=O)c1cccc4cccnc14)C32. The number of hydrogen-bond donors (Lipinski definition) is 3. The van der Waals surface area contributed by atoms with E-state index in [1.807, 2.05) is 39.0 Å². The van der Waals surface area contributed by atoms with Gasteiger partial charge >= 0.3 is 6.09 Å². The van der Waals surface area contributed by atoms with Crippen LogP contribution in [0.3, 0.4) is 0 Å². The first kappa shape index (κ1) is 53.0. The lowest BCUT2D eigenvalue weighted by Crippen LogP contribution is -2.69. The van der Waals surface area contributed by atoms with Gasteiger partial charge in [0, 0.05) is 56.3 Å². The van der Waals surface area contributed by atoms with Crippen LogP contribution < -0.4 is 14.8 Å². The minimum atomic E-state index is -4.29. The highest BCUT2D eigenvalue weighted by Crippen LogP contribution is 2.62. The van der Waals surface area contributed by atoms with Gasteiger partial charge in [0.05, 0.1) is 29.8 Å². The Labute approximate surface area is 405 Å². The Kier molecular flexibility index (Phi) is 19.5. The number of rotatable bonds is 27. The molecule has 3 aliphatic rings. The number of pyridine rings is 1. The van der Waals surface area contributed by atoms with E-state index in [0.717, 1.165) is 56.1 Å². The van der Waals surface area contributed by atoms with Crippen LogP contribution in [0.4, 0.5) is 4.79 Å². The van der Waals surface area contributed by atoms with Crippen molar-refractivity contribution < 1.29 is 42.5 Å². The van der Waals surface area contributed by atoms with Crippen molar-refractivity contribution in [1.82, 2.24) is 14.6 Å². The molecular weight excluding hydrogens is 881 g/mol. The third-order valence-corrected chi connectivity index (χ3v) is 15.7. The second-order valence-electron chi connectivity index (χ2n) is 19.8. The van der Waals surface area contributed by atoms with Gasteiger partial charge in [-0.2, -0.15) is 4.31 Å². The topological polar surface area (TPSA) is 169 Å². The summed E-state index contributed by atoms with van der Waals surface area (Å²) >= 11 is 0. The Morgan fingerprint density at radius 2 is 1.65 bits per heavy atom. The van der Waals surface area contributed by atoms with Gasteiger partial charge in [0.1, 0.15) is 22.0 Å². The molecule has 2 aromatic carbocycles. The van der Waals surface area contributed by atoms with Gasteiger partial charge in [-0.1, -0.05) is 113 Å². The van der Waals surface area contributed by atoms with E-state index < -0.39 is 39.5 Å². The Balaban J connectivity index is 1.42. The molecule has 3 N–H and O–H groups in total. The van der Waals surface area contributed by atoms with Crippen LogP contribution in [0, 0.1) is 17.8 Å². The molecule has 0 saturated heterocycles. The van der Waals surface area contributed by atoms with Gasteiger partial charge in [0.15, 0.2) is 0 Å². The number of nitrogens with zero attached hydrogens (tertiary/aromatic N) is 3. The maximum Gasteiger partial charge on any atom is 0.412 e. The van der Waals surface area contributed by atoms with E-state index in [1.165, 1.54) is 49.3 Å². The van der Waals surface area contributed by atoms with Crippen LogP contribution in [0.15, 0.2) is 89.1 Å². The van der Waals surface area contributed by atoms with Crippen LogP contribution in [0.25, 0.3) is 10.9 Å². The van der Waals surface area contributed by atoms with E-state index in [1.54, 1.807) is 49.7 Å². The van der Waals surface area contributed by atoms with Crippen molar-refractivity contribution in [3.05, 3.63) is 84.6 Å². The van der Waals surface area contributed by atoms with Crippen molar-refractivity contribution in [1.29, 1.82) is 0 Å². The summed E-state index contributed by atoms with van der Waals surface area (Å²) in [6.07, 6.45) is 21.3. The third-order valence-electron chi connectivity index (χ3n) is 13.8. The number of unbranched alkanes of at least 4 members (excludes halogenated alkanes) is 11. The average Bonchev–Trinajstić information content (AvgIpc) is 3.32. The molecule has 6 unspecified atom stereocenters. The fraction of sp³-hybridized carbons (Fsp3) is 0.611. The second kappa shape index (κ2) is 25.0. The van der Waals surface area contributed by atoms with Gasteiger partial charge in [-0.15, -0.1) is 6.58 Å². The van der Waals surface area contributed by atoms with E-state index >= 15 is 8.42 Å². The van der Waals surface area contributed by atoms with Crippen LogP contribution in [0.1, 0.15) is 148 Å². The minimum Gasteiger partial charge on any atom is -0.460 e. The smallest absolute Gasteiger partial charge is 0.412 e. The standard InChI is InChI=1S/C54H78N4O9S/c1-7-9-10-11-12-13-14-15-16-19-31-56-52(61)65-41-29-30-46-44(37-41)49-42(27-18-21-34-60)40(24-17-20-33-59)36-43-45(57-67-53(3,4)5)38-48(54(66-46,50(43)49)64-35-8-2)58(6)68(62,63)47-28-22-25-39-26-23-32-55-51(39)47/h8,22-23,25-26,28-30,32,36-37,40,42,48-50,59-60H,2,7,9-21,24,27,31,33-35,38H2,1,3-6H3,(H,56,61). The van der Waals surface area contributed by atoms with Gasteiger partial charge < -0.3 is 34.6 Å². The number of carbonyl (C=O) groups is 1. The molecular formula is C54H78N4O9S. The molecule has 0 radical (unpaired) electrons. The number of fused-ring (bicyclic) bond motifs is 3. The number of likely N-dealkylation sites (N-methyl/N-ethyl adjacent to an activating group) is 1. The number of ether oxygens (including phenoxy) is 3. The number of oxime groups is 1. The summed E-state index contributed by atoms with van der Waals surface area (Å²) in [6.45, 7) is 12.7. The van der Waals surface area contributed by atoms with E-state index in [4.69, 9.17) is 24.2 Å². The molecule has 6 rings (SSSR count). The van der Waals surface area contributed by atoms with Crippen LogP contribution in [-0.4, -0.2) is 90.6 Å². The maximum absolute atomic E-state index is 15.2. The fourth-order valence-corrected chi connectivity index (χ4v) is 12.0. The monoisotopic (exact) mass is 959 g/mol. The summed E-state index contributed by atoms with van der Waals surface area (Å²) in [6, 6.07) is 13.2. The van der Waals surface area contributed by atoms with Crippen LogP contribution in [0.2, 0.25) is 0 Å². The van der Waals surface area contributed by atoms with Crippen LogP contribution in [-0.2, 0) is 19.6 Å². The van der Waals surface area contributed by atoms with Gasteiger partial charge in [-0.25, -0.2) is 13.2 Å². The number of para-hydroxylation sites is 1. The first-order valence-electron chi connectivity index (χ1n) is 25.3. The highest BCUT2D eigenvalue weighted by Gasteiger charge is 2.66. The number of sulfonamides is 1. The van der Waals surface area contributed by atoms with Gasteiger partial charge in [0.25, 0.3) is 0 Å². The summed E-state index contributed by atoms with van der Waals surface area (Å²) in [5.74, 6) is -1.83. The molecule has 1 aromatic heterocycles. The van der Waals surface area contributed by atoms with E-state index in [-0.39, 0.29) is 48.9 Å². The van der Waals surface area contributed by atoms with Gasteiger partial charge in [-0.05, 0) is 101 Å². The molecule has 1 aliphatic heterocycles. The first-order chi connectivity index (χ1) is 32.8. The number of aromatic nitrogens is 1. The number of amides is 1. The molecule has 3 aromatic rings. The second-order valence-corrected chi connectivity index (χ2v) is 21.8. The minimum absolute atomic E-state index is 0.00640. The highest BCUT2D eigenvalue weighted by molar-refractivity contribution is 7.89. The molecule has 14 heteroatoms. The largest absolute Gasteiger partial charge is 0.460 e. The average molecular weight is 959 g/mol. The van der Waals surface area contributed by atoms with E-state index in [9.17, 15) is 15.0 Å². The Morgan fingerprint density at radius 1 is 0.956 bits per heavy atom. The maximum atomic E-state index is 15.2. The summed E-state index contributed by atoms with van der Waals surface area (Å²) in [5, 5.41) is 28.4. The van der Waals surface area contributed by atoms with E-state index in [0.29, 0.717) is 47.5 Å². The van der Waals surface area contributed by atoms with Crippen LogP contribution in [0.5, 0.6) is 11.5 Å². The lowest BCUT2D eigenvalue weighted by molar-refractivity contribution is -0.250. The highest BCUT2D eigenvalue weighted by atomic mass is 32.2. The molecule has 1 fully saturated rings. The predicted molar refractivity (Wildman–Crippen MR) is 268 cm³/mol. The third kappa shape index (κ3) is 12.9. The summed E-state index contributed by atoms with van der Waals surface area (Å²) in [5.41, 5.74) is 1.92. The number of allylic oxidation sites excluding steroid dienone is 1. The molecule has 13 nitrogen and oxygen atoms in total. The Bertz CT molecular complexity index is 2290. The normalized spacial score (nSPS) is 22.9. The summed E-state index contributed by atoms with van der Waals surface area (Å²) in [7, 11) is -2.72.